The van der Waals surface area contributed by atoms with E-state index in [1.807, 2.05) is 18.4 Å². The fraction of sp³-hybridized carbons (Fsp3) is 0.231. The standard InChI is InChI=1S/C13H15N3O2S/c1-8(5-9-3-2-4-19-9)16-12-6-10(13(17)18)11(14)7-15-12/h2-4,6-8H,5,14H2,1H3,(H,15,16)(H,17,18). The van der Waals surface area contributed by atoms with Gasteiger partial charge in [0, 0.05) is 17.3 Å². The lowest BCUT2D eigenvalue weighted by Gasteiger charge is -2.14. The van der Waals surface area contributed by atoms with Crippen LogP contribution in [-0.4, -0.2) is 22.1 Å². The molecule has 2 aromatic heterocycles. The number of aromatic nitrogens is 1. The molecular formula is C13H15N3O2S. The fourth-order valence-electron chi connectivity index (χ4n) is 1.76. The van der Waals surface area contributed by atoms with Gasteiger partial charge in [-0.2, -0.15) is 0 Å². The van der Waals surface area contributed by atoms with Gasteiger partial charge in [0.2, 0.25) is 0 Å². The third-order valence-corrected chi connectivity index (χ3v) is 3.55. The Morgan fingerprint density at radius 3 is 3.05 bits per heavy atom. The quantitative estimate of drug-likeness (QED) is 0.781. The number of carboxylic acid groups (broad SMARTS) is 1. The number of pyridine rings is 1. The van der Waals surface area contributed by atoms with Crippen LogP contribution in [0.15, 0.2) is 29.8 Å². The van der Waals surface area contributed by atoms with Crippen LogP contribution in [0.25, 0.3) is 0 Å². The summed E-state index contributed by atoms with van der Waals surface area (Å²) in [5, 5.41) is 14.2. The van der Waals surface area contributed by atoms with E-state index in [0.717, 1.165) is 6.42 Å². The number of aromatic carboxylic acids is 1. The molecule has 0 radical (unpaired) electrons. The van der Waals surface area contributed by atoms with E-state index >= 15 is 0 Å². The van der Waals surface area contributed by atoms with E-state index in [9.17, 15) is 4.79 Å². The van der Waals surface area contributed by atoms with E-state index in [0.29, 0.717) is 5.82 Å². The minimum Gasteiger partial charge on any atom is -0.478 e. The molecule has 5 nitrogen and oxygen atoms in total. The van der Waals surface area contributed by atoms with Gasteiger partial charge in [0.05, 0.1) is 17.4 Å². The molecular weight excluding hydrogens is 262 g/mol. The first kappa shape index (κ1) is 13.4. The normalized spacial score (nSPS) is 12.1. The third kappa shape index (κ3) is 3.45. The molecule has 0 aliphatic carbocycles. The summed E-state index contributed by atoms with van der Waals surface area (Å²) >= 11 is 1.70. The van der Waals surface area contributed by atoms with Gasteiger partial charge in [-0.3, -0.25) is 0 Å². The lowest BCUT2D eigenvalue weighted by atomic mass is 10.2. The Kier molecular flexibility index (Phi) is 4.01. The van der Waals surface area contributed by atoms with Gasteiger partial charge in [-0.05, 0) is 24.4 Å². The highest BCUT2D eigenvalue weighted by Gasteiger charge is 2.11. The summed E-state index contributed by atoms with van der Waals surface area (Å²) in [4.78, 5) is 16.3. The minimum absolute atomic E-state index is 0.0702. The molecule has 0 fully saturated rings. The lowest BCUT2D eigenvalue weighted by Crippen LogP contribution is -2.19. The second kappa shape index (κ2) is 5.71. The molecule has 0 spiro atoms. The number of hydrogen-bond acceptors (Lipinski definition) is 5. The van der Waals surface area contributed by atoms with Crippen LogP contribution in [0.3, 0.4) is 0 Å². The number of nitrogens with zero attached hydrogens (tertiary/aromatic N) is 1. The van der Waals surface area contributed by atoms with Crippen molar-refractivity contribution in [3.05, 3.63) is 40.2 Å². The van der Waals surface area contributed by atoms with Crippen molar-refractivity contribution in [3.63, 3.8) is 0 Å². The minimum atomic E-state index is -1.05. The summed E-state index contributed by atoms with van der Waals surface area (Å²) in [6.07, 6.45) is 2.23. The van der Waals surface area contributed by atoms with Crippen LogP contribution in [0.5, 0.6) is 0 Å². The first-order chi connectivity index (χ1) is 9.06. The Bertz CT molecular complexity index is 569. The Balaban J connectivity index is 2.06. The molecule has 0 saturated carbocycles. The maximum atomic E-state index is 11.0. The number of anilines is 2. The van der Waals surface area contributed by atoms with Gasteiger partial charge in [-0.15, -0.1) is 11.3 Å². The maximum Gasteiger partial charge on any atom is 0.337 e. The van der Waals surface area contributed by atoms with Gasteiger partial charge in [0.15, 0.2) is 0 Å². The summed E-state index contributed by atoms with van der Waals surface area (Å²) in [6.45, 7) is 2.03. The van der Waals surface area contributed by atoms with Crippen LogP contribution < -0.4 is 11.1 Å². The van der Waals surface area contributed by atoms with E-state index in [2.05, 4.69) is 16.4 Å². The van der Waals surface area contributed by atoms with Crippen molar-refractivity contribution in [2.45, 2.75) is 19.4 Å². The molecule has 0 saturated heterocycles. The summed E-state index contributed by atoms with van der Waals surface area (Å²) in [7, 11) is 0. The van der Waals surface area contributed by atoms with Crippen molar-refractivity contribution in [2.24, 2.45) is 0 Å². The number of nitrogen functional groups attached to an aromatic ring is 1. The molecule has 0 bridgehead atoms. The second-order valence-corrected chi connectivity index (χ2v) is 5.32. The Labute approximate surface area is 115 Å². The topological polar surface area (TPSA) is 88.2 Å². The van der Waals surface area contributed by atoms with Gasteiger partial charge in [-0.25, -0.2) is 9.78 Å². The summed E-state index contributed by atoms with van der Waals surface area (Å²) in [5.74, 6) is -0.524. The summed E-state index contributed by atoms with van der Waals surface area (Å²) in [5.41, 5.74) is 5.80. The van der Waals surface area contributed by atoms with Crippen molar-refractivity contribution >= 4 is 28.8 Å². The molecule has 0 aliphatic rings. The molecule has 1 atom stereocenters. The summed E-state index contributed by atoms with van der Waals surface area (Å²) < 4.78 is 0. The highest BCUT2D eigenvalue weighted by atomic mass is 32.1. The maximum absolute atomic E-state index is 11.0. The number of carboxylic acids is 1. The zero-order valence-corrected chi connectivity index (χ0v) is 11.3. The second-order valence-electron chi connectivity index (χ2n) is 4.29. The molecule has 2 aromatic rings. The molecule has 0 aromatic carbocycles. The van der Waals surface area contributed by atoms with Gasteiger partial charge in [0.25, 0.3) is 0 Å². The van der Waals surface area contributed by atoms with Crippen molar-refractivity contribution in [2.75, 3.05) is 11.1 Å². The van der Waals surface area contributed by atoms with Crippen molar-refractivity contribution < 1.29 is 9.90 Å². The Morgan fingerprint density at radius 2 is 2.42 bits per heavy atom. The molecule has 19 heavy (non-hydrogen) atoms. The van der Waals surface area contributed by atoms with Crippen molar-refractivity contribution in [1.82, 2.24) is 4.98 Å². The SMILES string of the molecule is CC(Cc1cccs1)Nc1cc(C(=O)O)c(N)cn1. The first-order valence-corrected chi connectivity index (χ1v) is 6.72. The van der Waals surface area contributed by atoms with Crippen molar-refractivity contribution in [3.8, 4) is 0 Å². The number of hydrogen-bond donors (Lipinski definition) is 3. The van der Waals surface area contributed by atoms with Gasteiger partial charge >= 0.3 is 5.97 Å². The lowest BCUT2D eigenvalue weighted by molar-refractivity contribution is 0.0698. The van der Waals surface area contributed by atoms with E-state index in [1.165, 1.54) is 17.1 Å². The van der Waals surface area contributed by atoms with Crippen LogP contribution in [0.4, 0.5) is 11.5 Å². The van der Waals surface area contributed by atoms with Crippen LogP contribution in [0.2, 0.25) is 0 Å². The van der Waals surface area contributed by atoms with Gasteiger partial charge < -0.3 is 16.2 Å². The number of nitrogens with one attached hydrogen (secondary N) is 1. The molecule has 0 amide bonds. The van der Waals surface area contributed by atoms with E-state index < -0.39 is 5.97 Å². The average molecular weight is 277 g/mol. The van der Waals surface area contributed by atoms with Crippen LogP contribution in [0.1, 0.15) is 22.2 Å². The van der Waals surface area contributed by atoms with Crippen LogP contribution in [-0.2, 0) is 6.42 Å². The monoisotopic (exact) mass is 277 g/mol. The van der Waals surface area contributed by atoms with E-state index in [4.69, 9.17) is 10.8 Å². The highest BCUT2D eigenvalue weighted by molar-refractivity contribution is 7.09. The summed E-state index contributed by atoms with van der Waals surface area (Å²) in [6, 6.07) is 5.71. The molecule has 100 valence electrons. The Morgan fingerprint density at radius 1 is 1.63 bits per heavy atom. The van der Waals surface area contributed by atoms with Crippen molar-refractivity contribution in [1.29, 1.82) is 0 Å². The molecule has 1 unspecified atom stereocenters. The predicted octanol–water partition coefficient (Wildman–Crippen LogP) is 2.47. The van der Waals surface area contributed by atoms with Gasteiger partial charge in [0.1, 0.15) is 5.82 Å². The number of thiophene rings is 1. The van der Waals surface area contributed by atoms with E-state index in [-0.39, 0.29) is 17.3 Å². The van der Waals surface area contributed by atoms with Crippen LogP contribution in [0, 0.1) is 0 Å². The first-order valence-electron chi connectivity index (χ1n) is 5.84. The smallest absolute Gasteiger partial charge is 0.337 e. The molecule has 6 heteroatoms. The molecule has 4 N–H and O–H groups in total. The fourth-order valence-corrected chi connectivity index (χ4v) is 2.60. The van der Waals surface area contributed by atoms with Crippen LogP contribution >= 0.6 is 11.3 Å². The average Bonchev–Trinajstić information content (AvgIpc) is 2.84. The molecule has 2 rings (SSSR count). The third-order valence-electron chi connectivity index (χ3n) is 2.65. The Hall–Kier alpha value is -2.08. The van der Waals surface area contributed by atoms with E-state index in [1.54, 1.807) is 11.3 Å². The molecule has 2 heterocycles. The number of nitrogens with two attached hydrogens (primary N) is 1. The largest absolute Gasteiger partial charge is 0.478 e. The predicted molar refractivity (Wildman–Crippen MR) is 76.7 cm³/mol. The number of rotatable bonds is 5. The zero-order valence-electron chi connectivity index (χ0n) is 10.5. The highest BCUT2D eigenvalue weighted by Crippen LogP contribution is 2.17. The zero-order chi connectivity index (χ0) is 13.8. The van der Waals surface area contributed by atoms with Gasteiger partial charge in [-0.1, -0.05) is 6.07 Å². The molecule has 0 aliphatic heterocycles. The number of carbonyl (C=O) groups is 1.